The second-order valence-corrected chi connectivity index (χ2v) is 7.19. The number of nitrogens with two attached hydrogens (primary N) is 1. The van der Waals surface area contributed by atoms with Crippen LogP contribution in [0.1, 0.15) is 12.0 Å². The molecule has 1 fully saturated rings. The molecule has 1 aliphatic heterocycles. The summed E-state index contributed by atoms with van der Waals surface area (Å²) in [5, 5.41) is 0. The van der Waals surface area contributed by atoms with Crippen molar-refractivity contribution < 1.29 is 8.42 Å². The van der Waals surface area contributed by atoms with Crippen LogP contribution < -0.4 is 10.6 Å². The largest absolute Gasteiger partial charge is 0.377 e. The number of nitrogens with zero attached hydrogens (tertiary/aromatic N) is 2. The summed E-state index contributed by atoms with van der Waals surface area (Å²) < 4.78 is 26.5. The Labute approximate surface area is 115 Å². The molecule has 1 aromatic rings. The summed E-state index contributed by atoms with van der Waals surface area (Å²) in [6.45, 7) is 2.89. The molecule has 0 radical (unpaired) electrons. The van der Waals surface area contributed by atoms with Gasteiger partial charge in [0.05, 0.1) is 4.90 Å². The van der Waals surface area contributed by atoms with Crippen LogP contribution in [0, 0.1) is 6.92 Å². The lowest BCUT2D eigenvalue weighted by molar-refractivity contribution is 0.472. The van der Waals surface area contributed by atoms with Crippen LogP contribution in [0.2, 0.25) is 0 Å². The van der Waals surface area contributed by atoms with Crippen molar-refractivity contribution in [3.05, 3.63) is 23.8 Å². The Bertz CT molecular complexity index is 569. The third kappa shape index (κ3) is 2.75. The van der Waals surface area contributed by atoms with Crippen molar-refractivity contribution >= 4 is 15.7 Å². The van der Waals surface area contributed by atoms with Gasteiger partial charge in [0.15, 0.2) is 0 Å². The van der Waals surface area contributed by atoms with Gasteiger partial charge in [-0.05, 0) is 31.0 Å². The Morgan fingerprint density at radius 1 is 1.37 bits per heavy atom. The van der Waals surface area contributed by atoms with Gasteiger partial charge in [0.2, 0.25) is 10.0 Å². The van der Waals surface area contributed by atoms with Gasteiger partial charge in [0.1, 0.15) is 0 Å². The van der Waals surface area contributed by atoms with Crippen molar-refractivity contribution in [2.75, 3.05) is 32.1 Å². The molecule has 1 atom stereocenters. The van der Waals surface area contributed by atoms with Crippen molar-refractivity contribution in [2.24, 2.45) is 5.73 Å². The van der Waals surface area contributed by atoms with E-state index < -0.39 is 10.0 Å². The lowest BCUT2D eigenvalue weighted by Gasteiger charge is -2.20. The predicted octanol–water partition coefficient (Wildman–Crippen LogP) is 0.783. The lowest BCUT2D eigenvalue weighted by atomic mass is 10.2. The van der Waals surface area contributed by atoms with E-state index in [-0.39, 0.29) is 6.04 Å². The number of rotatable bonds is 3. The molecule has 0 bridgehead atoms. The Hall–Kier alpha value is -1.11. The van der Waals surface area contributed by atoms with Crippen molar-refractivity contribution in [3.63, 3.8) is 0 Å². The van der Waals surface area contributed by atoms with E-state index >= 15 is 0 Å². The first-order valence-electron chi connectivity index (χ1n) is 6.36. The van der Waals surface area contributed by atoms with Crippen molar-refractivity contribution in [1.29, 1.82) is 0 Å². The average Bonchev–Trinajstić information content (AvgIpc) is 2.76. The molecule has 2 N–H and O–H groups in total. The second-order valence-electron chi connectivity index (χ2n) is 5.25. The van der Waals surface area contributed by atoms with E-state index in [1.165, 1.54) is 4.31 Å². The monoisotopic (exact) mass is 283 g/mol. The fourth-order valence-corrected chi connectivity index (χ4v) is 3.88. The van der Waals surface area contributed by atoms with Gasteiger partial charge < -0.3 is 10.6 Å². The summed E-state index contributed by atoms with van der Waals surface area (Å²) in [5.41, 5.74) is 7.77. The van der Waals surface area contributed by atoms with Crippen LogP contribution in [0.3, 0.4) is 0 Å². The van der Waals surface area contributed by atoms with E-state index in [1.54, 1.807) is 12.1 Å². The maximum Gasteiger partial charge on any atom is 0.243 e. The zero-order chi connectivity index (χ0) is 14.2. The normalized spacial score (nSPS) is 20.7. The summed E-state index contributed by atoms with van der Waals surface area (Å²) in [4.78, 5) is 2.26. The van der Waals surface area contributed by atoms with Crippen LogP contribution in [-0.4, -0.2) is 45.9 Å². The molecular weight excluding hydrogens is 262 g/mol. The zero-order valence-corrected chi connectivity index (χ0v) is 12.4. The Morgan fingerprint density at radius 3 is 2.58 bits per heavy atom. The number of aryl methyl sites for hydroxylation is 1. The van der Waals surface area contributed by atoms with E-state index in [2.05, 4.69) is 0 Å². The molecule has 0 aliphatic carbocycles. The third-order valence-corrected chi connectivity index (χ3v) is 5.35. The first kappa shape index (κ1) is 14.3. The molecule has 0 spiro atoms. The van der Waals surface area contributed by atoms with E-state index in [4.69, 9.17) is 5.73 Å². The molecular formula is C13H21N3O2S. The highest BCUT2D eigenvalue weighted by atomic mass is 32.2. The van der Waals surface area contributed by atoms with Gasteiger partial charge in [-0.1, -0.05) is 6.07 Å². The molecule has 0 aromatic heterocycles. The molecule has 6 heteroatoms. The quantitative estimate of drug-likeness (QED) is 0.890. The smallest absolute Gasteiger partial charge is 0.243 e. The van der Waals surface area contributed by atoms with Crippen molar-refractivity contribution in [2.45, 2.75) is 24.3 Å². The molecule has 19 heavy (non-hydrogen) atoms. The van der Waals surface area contributed by atoms with Crippen LogP contribution in [-0.2, 0) is 10.0 Å². The topological polar surface area (TPSA) is 66.6 Å². The summed E-state index contributed by atoms with van der Waals surface area (Å²) in [5.74, 6) is 0. The number of hydrogen-bond donors (Lipinski definition) is 1. The predicted molar refractivity (Wildman–Crippen MR) is 76.9 cm³/mol. The second kappa shape index (κ2) is 5.11. The van der Waals surface area contributed by atoms with Crippen LogP contribution in [0.15, 0.2) is 23.1 Å². The standard InChI is InChI=1S/C13H21N3O2S/c1-10-4-5-12(8-13(10)15(2)3)19(17,18)16-7-6-11(14)9-16/h4-5,8,11H,6-7,9,14H2,1-3H3/t11-/m1/s1. The van der Waals surface area contributed by atoms with Crippen LogP contribution >= 0.6 is 0 Å². The van der Waals surface area contributed by atoms with Gasteiger partial charge in [-0.15, -0.1) is 0 Å². The highest BCUT2D eigenvalue weighted by Gasteiger charge is 2.31. The van der Waals surface area contributed by atoms with Crippen molar-refractivity contribution in [1.82, 2.24) is 4.31 Å². The van der Waals surface area contributed by atoms with E-state index in [9.17, 15) is 8.42 Å². The van der Waals surface area contributed by atoms with Crippen molar-refractivity contribution in [3.8, 4) is 0 Å². The fourth-order valence-electron chi connectivity index (χ4n) is 2.35. The van der Waals surface area contributed by atoms with Gasteiger partial charge in [0.25, 0.3) is 0 Å². The maximum absolute atomic E-state index is 12.5. The molecule has 106 valence electrons. The maximum atomic E-state index is 12.5. The number of sulfonamides is 1. The molecule has 1 saturated heterocycles. The van der Waals surface area contributed by atoms with Crippen LogP contribution in [0.4, 0.5) is 5.69 Å². The fraction of sp³-hybridized carbons (Fsp3) is 0.538. The minimum absolute atomic E-state index is 0.0476. The molecule has 0 unspecified atom stereocenters. The van der Waals surface area contributed by atoms with Crippen LogP contribution in [0.25, 0.3) is 0 Å². The highest BCUT2D eigenvalue weighted by molar-refractivity contribution is 7.89. The minimum Gasteiger partial charge on any atom is -0.377 e. The van der Waals surface area contributed by atoms with E-state index in [0.29, 0.717) is 18.0 Å². The summed E-state index contributed by atoms with van der Waals surface area (Å²) in [6.07, 6.45) is 0.728. The molecule has 0 amide bonds. The van der Waals surface area contributed by atoms with Gasteiger partial charge in [-0.25, -0.2) is 8.42 Å². The molecule has 1 aliphatic rings. The van der Waals surface area contributed by atoms with Gasteiger partial charge in [-0.3, -0.25) is 0 Å². The van der Waals surface area contributed by atoms with E-state index in [1.807, 2.05) is 32.0 Å². The average molecular weight is 283 g/mol. The molecule has 1 heterocycles. The van der Waals surface area contributed by atoms with E-state index in [0.717, 1.165) is 17.7 Å². The number of hydrogen-bond acceptors (Lipinski definition) is 4. The highest BCUT2D eigenvalue weighted by Crippen LogP contribution is 2.26. The first-order chi connectivity index (χ1) is 8.82. The Kier molecular flexibility index (Phi) is 3.85. The summed E-state index contributed by atoms with van der Waals surface area (Å²) in [7, 11) is 0.397. The molecule has 2 rings (SSSR count). The Balaban J connectivity index is 2.38. The Morgan fingerprint density at radius 2 is 2.05 bits per heavy atom. The molecule has 5 nitrogen and oxygen atoms in total. The first-order valence-corrected chi connectivity index (χ1v) is 7.80. The summed E-state index contributed by atoms with van der Waals surface area (Å²) >= 11 is 0. The number of benzene rings is 1. The zero-order valence-electron chi connectivity index (χ0n) is 11.6. The molecule has 1 aromatic carbocycles. The summed E-state index contributed by atoms with van der Waals surface area (Å²) in [6, 6.07) is 5.20. The SMILES string of the molecule is Cc1ccc(S(=O)(=O)N2CC[C@@H](N)C2)cc1N(C)C. The van der Waals surface area contributed by atoms with Gasteiger partial charge >= 0.3 is 0 Å². The third-order valence-electron chi connectivity index (χ3n) is 3.49. The van der Waals surface area contributed by atoms with Gasteiger partial charge in [0, 0.05) is 38.9 Å². The number of anilines is 1. The lowest BCUT2D eigenvalue weighted by Crippen LogP contribution is -2.32. The minimum atomic E-state index is -3.42. The van der Waals surface area contributed by atoms with Crippen LogP contribution in [0.5, 0.6) is 0 Å². The molecule has 0 saturated carbocycles. The van der Waals surface area contributed by atoms with Gasteiger partial charge in [-0.2, -0.15) is 4.31 Å².